The highest BCUT2D eigenvalue weighted by atomic mass is 16.5. The lowest BCUT2D eigenvalue weighted by atomic mass is 10.4. The molecule has 0 spiro atoms. The number of esters is 1. The number of imidazole rings is 1. The molecule has 5 heteroatoms. The number of nitrogens with zero attached hydrogens (tertiary/aromatic N) is 2. The smallest absolute Gasteiger partial charge is 0.360 e. The number of ether oxygens (including phenoxy) is 1. The zero-order valence-corrected chi connectivity index (χ0v) is 8.49. The summed E-state index contributed by atoms with van der Waals surface area (Å²) < 4.78 is 6.55. The Balaban J connectivity index is 2.83. The summed E-state index contributed by atoms with van der Waals surface area (Å²) >= 11 is 0. The Hall–Kier alpha value is -1.52. The molecule has 78 valence electrons. The highest BCUT2D eigenvalue weighted by Gasteiger charge is 2.15. The number of aromatic nitrogens is 2. The van der Waals surface area contributed by atoms with Gasteiger partial charge in [0.15, 0.2) is 5.69 Å². The van der Waals surface area contributed by atoms with Crippen LogP contribution in [0.25, 0.3) is 0 Å². The summed E-state index contributed by atoms with van der Waals surface area (Å²) in [5.41, 5.74) is 5.93. The second kappa shape index (κ2) is 4.64. The van der Waals surface area contributed by atoms with Crippen LogP contribution in [0.1, 0.15) is 30.8 Å². The Bertz CT molecular complexity index is 320. The van der Waals surface area contributed by atoms with Crippen molar-refractivity contribution in [3.05, 3.63) is 12.0 Å². The Morgan fingerprint density at radius 3 is 2.93 bits per heavy atom. The summed E-state index contributed by atoms with van der Waals surface area (Å²) in [6.45, 7) is 4.87. The van der Waals surface area contributed by atoms with E-state index in [4.69, 9.17) is 10.5 Å². The van der Waals surface area contributed by atoms with Gasteiger partial charge >= 0.3 is 5.97 Å². The van der Waals surface area contributed by atoms with Crippen molar-refractivity contribution in [2.24, 2.45) is 0 Å². The summed E-state index contributed by atoms with van der Waals surface area (Å²) in [4.78, 5) is 15.2. The second-order valence-electron chi connectivity index (χ2n) is 2.89. The third-order valence-corrected chi connectivity index (χ3v) is 1.81. The molecule has 0 aromatic carbocycles. The quantitative estimate of drug-likeness (QED) is 0.732. The number of nitrogens with two attached hydrogens (primary N) is 1. The van der Waals surface area contributed by atoms with E-state index >= 15 is 0 Å². The van der Waals surface area contributed by atoms with Crippen molar-refractivity contribution in [2.45, 2.75) is 26.8 Å². The molecular formula is C9H15N3O2. The lowest BCUT2D eigenvalue weighted by Gasteiger charge is -2.02. The van der Waals surface area contributed by atoms with E-state index in [2.05, 4.69) is 4.98 Å². The van der Waals surface area contributed by atoms with Gasteiger partial charge in [0.05, 0.1) is 12.9 Å². The van der Waals surface area contributed by atoms with Crippen LogP contribution in [0.3, 0.4) is 0 Å². The van der Waals surface area contributed by atoms with E-state index in [1.165, 1.54) is 0 Å². The first-order valence-corrected chi connectivity index (χ1v) is 4.68. The number of hydrogen-bond acceptors (Lipinski definition) is 4. The molecule has 0 aliphatic heterocycles. The number of carbonyl (C=O) groups excluding carboxylic acids is 1. The summed E-state index contributed by atoms with van der Waals surface area (Å²) in [5.74, 6) is -0.0786. The molecule has 0 saturated carbocycles. The van der Waals surface area contributed by atoms with E-state index in [-0.39, 0.29) is 5.69 Å². The van der Waals surface area contributed by atoms with Gasteiger partial charge in [-0.3, -0.25) is 0 Å². The summed E-state index contributed by atoms with van der Waals surface area (Å²) in [7, 11) is 0. The molecule has 14 heavy (non-hydrogen) atoms. The minimum atomic E-state index is -0.458. The summed E-state index contributed by atoms with van der Waals surface area (Å²) in [5, 5.41) is 0. The maximum atomic E-state index is 11.3. The van der Waals surface area contributed by atoms with Crippen LogP contribution in [0.4, 0.5) is 5.82 Å². The van der Waals surface area contributed by atoms with Crippen molar-refractivity contribution >= 4 is 11.8 Å². The van der Waals surface area contributed by atoms with E-state index < -0.39 is 5.97 Å². The Morgan fingerprint density at radius 1 is 1.64 bits per heavy atom. The van der Waals surface area contributed by atoms with E-state index in [1.807, 2.05) is 6.92 Å². The van der Waals surface area contributed by atoms with Crippen LogP contribution >= 0.6 is 0 Å². The van der Waals surface area contributed by atoms with Crippen LogP contribution in [-0.4, -0.2) is 22.1 Å². The maximum Gasteiger partial charge on any atom is 0.360 e. The fraction of sp³-hybridized carbons (Fsp3) is 0.556. The fourth-order valence-corrected chi connectivity index (χ4v) is 1.17. The average molecular weight is 197 g/mol. The molecular weight excluding hydrogens is 182 g/mol. The highest BCUT2D eigenvalue weighted by molar-refractivity contribution is 5.92. The highest BCUT2D eigenvalue weighted by Crippen LogP contribution is 2.11. The van der Waals surface area contributed by atoms with Crippen molar-refractivity contribution in [1.29, 1.82) is 0 Å². The Kier molecular flexibility index (Phi) is 3.50. The van der Waals surface area contributed by atoms with Crippen LogP contribution in [0.5, 0.6) is 0 Å². The molecule has 1 heterocycles. The molecule has 0 amide bonds. The van der Waals surface area contributed by atoms with Gasteiger partial charge in [-0.15, -0.1) is 0 Å². The van der Waals surface area contributed by atoms with E-state index in [1.54, 1.807) is 17.8 Å². The normalized spacial score (nSPS) is 10.1. The number of rotatable bonds is 4. The number of carbonyl (C=O) groups is 1. The van der Waals surface area contributed by atoms with Crippen LogP contribution in [0, 0.1) is 0 Å². The third-order valence-electron chi connectivity index (χ3n) is 1.81. The van der Waals surface area contributed by atoms with Crippen molar-refractivity contribution < 1.29 is 9.53 Å². The molecule has 1 aromatic rings. The summed E-state index contributed by atoms with van der Waals surface area (Å²) in [6.07, 6.45) is 2.51. The van der Waals surface area contributed by atoms with E-state index in [0.29, 0.717) is 12.4 Å². The Labute approximate surface area is 82.9 Å². The standard InChI is InChI=1S/C9H15N3O2/c1-3-5-12-6-11-7(8(12)10)9(13)14-4-2/h6H,3-5,10H2,1-2H3. The largest absolute Gasteiger partial charge is 0.461 e. The SMILES string of the molecule is CCCn1cnc(C(=O)OCC)c1N. The predicted molar refractivity (Wildman–Crippen MR) is 52.9 cm³/mol. The first kappa shape index (κ1) is 10.6. The van der Waals surface area contributed by atoms with Crippen molar-refractivity contribution in [2.75, 3.05) is 12.3 Å². The number of nitrogen functional groups attached to an aromatic ring is 1. The number of hydrogen-bond donors (Lipinski definition) is 1. The van der Waals surface area contributed by atoms with Gasteiger partial charge in [0.2, 0.25) is 0 Å². The van der Waals surface area contributed by atoms with Crippen molar-refractivity contribution in [3.63, 3.8) is 0 Å². The summed E-state index contributed by atoms with van der Waals surface area (Å²) in [6, 6.07) is 0. The molecule has 0 saturated heterocycles. The van der Waals surface area contributed by atoms with Gasteiger partial charge in [-0.25, -0.2) is 9.78 Å². The third kappa shape index (κ3) is 2.04. The van der Waals surface area contributed by atoms with Crippen LogP contribution < -0.4 is 5.73 Å². The van der Waals surface area contributed by atoms with E-state index in [0.717, 1.165) is 13.0 Å². The van der Waals surface area contributed by atoms with Gasteiger partial charge in [-0.05, 0) is 13.3 Å². The molecule has 0 radical (unpaired) electrons. The van der Waals surface area contributed by atoms with Gasteiger partial charge in [0.1, 0.15) is 5.82 Å². The molecule has 2 N–H and O–H groups in total. The first-order chi connectivity index (χ1) is 6.70. The lowest BCUT2D eigenvalue weighted by molar-refractivity contribution is 0.0521. The molecule has 0 atom stereocenters. The van der Waals surface area contributed by atoms with Crippen LogP contribution in [0.15, 0.2) is 6.33 Å². The van der Waals surface area contributed by atoms with Crippen LogP contribution in [-0.2, 0) is 11.3 Å². The topological polar surface area (TPSA) is 70.1 Å². The lowest BCUT2D eigenvalue weighted by Crippen LogP contribution is -2.09. The van der Waals surface area contributed by atoms with Gasteiger partial charge in [0, 0.05) is 6.54 Å². The van der Waals surface area contributed by atoms with Gasteiger partial charge < -0.3 is 15.0 Å². The molecule has 1 aromatic heterocycles. The molecule has 0 aliphatic rings. The molecule has 0 unspecified atom stereocenters. The Morgan fingerprint density at radius 2 is 2.36 bits per heavy atom. The number of aryl methyl sites for hydroxylation is 1. The van der Waals surface area contributed by atoms with Crippen molar-refractivity contribution in [1.82, 2.24) is 9.55 Å². The predicted octanol–water partition coefficient (Wildman–Crippen LogP) is 1.05. The average Bonchev–Trinajstić information content (AvgIpc) is 2.49. The minimum Gasteiger partial charge on any atom is -0.461 e. The molecule has 0 fully saturated rings. The van der Waals surface area contributed by atoms with Crippen molar-refractivity contribution in [3.8, 4) is 0 Å². The maximum absolute atomic E-state index is 11.3. The van der Waals surface area contributed by atoms with E-state index in [9.17, 15) is 4.79 Å². The van der Waals surface area contributed by atoms with Gasteiger partial charge in [-0.2, -0.15) is 0 Å². The molecule has 1 rings (SSSR count). The number of anilines is 1. The molecule has 0 aliphatic carbocycles. The zero-order valence-electron chi connectivity index (χ0n) is 8.49. The van der Waals surface area contributed by atoms with Crippen LogP contribution in [0.2, 0.25) is 0 Å². The monoisotopic (exact) mass is 197 g/mol. The molecule has 0 bridgehead atoms. The minimum absolute atomic E-state index is 0.209. The fourth-order valence-electron chi connectivity index (χ4n) is 1.17. The van der Waals surface area contributed by atoms with Gasteiger partial charge in [0.25, 0.3) is 0 Å². The second-order valence-corrected chi connectivity index (χ2v) is 2.89. The van der Waals surface area contributed by atoms with Gasteiger partial charge in [-0.1, -0.05) is 6.92 Å². The molecule has 5 nitrogen and oxygen atoms in total. The first-order valence-electron chi connectivity index (χ1n) is 4.68. The zero-order chi connectivity index (χ0) is 10.6.